The van der Waals surface area contributed by atoms with Gasteiger partial charge in [0.15, 0.2) is 0 Å². The van der Waals surface area contributed by atoms with Crippen LogP contribution in [0.4, 0.5) is 0 Å². The Morgan fingerprint density at radius 2 is 1.81 bits per heavy atom. The Hall–Kier alpha value is -0.870. The molecule has 3 unspecified atom stereocenters. The molecule has 4 rings (SSSR count). The van der Waals surface area contributed by atoms with Gasteiger partial charge < -0.3 is 0 Å². The van der Waals surface area contributed by atoms with Crippen molar-refractivity contribution in [3.05, 3.63) is 18.0 Å². The van der Waals surface area contributed by atoms with Crippen LogP contribution in [-0.4, -0.2) is 15.8 Å². The van der Waals surface area contributed by atoms with E-state index in [1.54, 1.807) is 0 Å². The van der Waals surface area contributed by atoms with Crippen LogP contribution in [0.3, 0.4) is 0 Å². The molecule has 1 aromatic rings. The Kier molecular flexibility index (Phi) is 3.76. The Morgan fingerprint density at radius 1 is 1.14 bits per heavy atom. The molecule has 0 amide bonds. The predicted octanol–water partition coefficient (Wildman–Crippen LogP) is 2.81. The van der Waals surface area contributed by atoms with E-state index < -0.39 is 0 Å². The lowest BCUT2D eigenvalue weighted by Crippen LogP contribution is -2.39. The number of fused-ring (bicyclic) bond motifs is 1. The smallest absolute Gasteiger partial charge is 0.0640 e. The van der Waals surface area contributed by atoms with Gasteiger partial charge in [0.1, 0.15) is 0 Å². The monoisotopic (exact) mass is 288 g/mol. The Balaban J connectivity index is 1.40. The number of hydrazine groups is 1. The average Bonchev–Trinajstić information content (AvgIpc) is 2.89. The first-order chi connectivity index (χ1) is 10.4. The van der Waals surface area contributed by atoms with Crippen molar-refractivity contribution in [3.63, 3.8) is 0 Å². The lowest BCUT2D eigenvalue weighted by molar-refractivity contribution is 0.423. The predicted molar refractivity (Wildman–Crippen MR) is 83.5 cm³/mol. The average molecular weight is 288 g/mol. The second-order valence-corrected chi connectivity index (χ2v) is 7.39. The molecule has 4 nitrogen and oxygen atoms in total. The maximum atomic E-state index is 5.86. The van der Waals surface area contributed by atoms with Crippen LogP contribution in [0.1, 0.15) is 63.1 Å². The second kappa shape index (κ2) is 5.73. The molecule has 3 aliphatic rings. The largest absolute Gasteiger partial charge is 0.271 e. The van der Waals surface area contributed by atoms with Gasteiger partial charge in [0, 0.05) is 18.7 Å². The number of hydrogen-bond donors (Lipinski definition) is 2. The molecule has 0 radical (unpaired) electrons. The standard InChI is InChI=1S/C17H28N4/c18-19-16(17-14-7-3-4-8-15(14)17)11-12-9-10-21(20-12)13-5-1-2-6-13/h9-10,13-17,19H,1-8,11,18H2. The Bertz CT molecular complexity index is 465. The van der Waals surface area contributed by atoms with Crippen molar-refractivity contribution in [2.24, 2.45) is 23.6 Å². The SMILES string of the molecule is NNC(Cc1ccn(C2CCCC2)n1)C1C2CCCCC21. The van der Waals surface area contributed by atoms with Crippen molar-refractivity contribution in [3.8, 4) is 0 Å². The van der Waals surface area contributed by atoms with Crippen LogP contribution in [0, 0.1) is 17.8 Å². The number of nitrogens with zero attached hydrogens (tertiary/aromatic N) is 2. The molecule has 3 N–H and O–H groups in total. The van der Waals surface area contributed by atoms with E-state index in [0.717, 1.165) is 24.2 Å². The van der Waals surface area contributed by atoms with Crippen LogP contribution in [0.5, 0.6) is 0 Å². The summed E-state index contributed by atoms with van der Waals surface area (Å²) in [4.78, 5) is 0. The lowest BCUT2D eigenvalue weighted by atomic mass is 10.0. The van der Waals surface area contributed by atoms with E-state index in [4.69, 9.17) is 10.9 Å². The fourth-order valence-corrected chi connectivity index (χ4v) is 5.03. The summed E-state index contributed by atoms with van der Waals surface area (Å²) in [5.74, 6) is 8.54. The molecule has 0 aliphatic heterocycles. The summed E-state index contributed by atoms with van der Waals surface area (Å²) < 4.78 is 2.20. The van der Waals surface area contributed by atoms with Gasteiger partial charge >= 0.3 is 0 Å². The van der Waals surface area contributed by atoms with Crippen LogP contribution in [-0.2, 0) is 6.42 Å². The number of nitrogens with one attached hydrogen (secondary N) is 1. The molecule has 116 valence electrons. The fraction of sp³-hybridized carbons (Fsp3) is 0.824. The number of nitrogens with two attached hydrogens (primary N) is 1. The van der Waals surface area contributed by atoms with Crippen LogP contribution in [0.15, 0.2) is 12.3 Å². The molecule has 3 aliphatic carbocycles. The van der Waals surface area contributed by atoms with Crippen molar-refractivity contribution in [2.45, 2.75) is 69.9 Å². The molecule has 3 fully saturated rings. The molecule has 1 aromatic heterocycles. The van der Waals surface area contributed by atoms with Crippen LogP contribution >= 0.6 is 0 Å². The van der Waals surface area contributed by atoms with E-state index in [2.05, 4.69) is 22.4 Å². The van der Waals surface area contributed by atoms with Gasteiger partial charge in [-0.15, -0.1) is 0 Å². The molecule has 0 spiro atoms. The van der Waals surface area contributed by atoms with E-state index in [9.17, 15) is 0 Å². The lowest BCUT2D eigenvalue weighted by Gasteiger charge is -2.15. The molecular formula is C17H28N4. The van der Waals surface area contributed by atoms with Gasteiger partial charge in [0.25, 0.3) is 0 Å². The third-order valence-corrected chi connectivity index (χ3v) is 6.19. The molecule has 0 aromatic carbocycles. The van der Waals surface area contributed by atoms with Gasteiger partial charge in [-0.1, -0.05) is 25.7 Å². The minimum atomic E-state index is 0.421. The molecule has 0 bridgehead atoms. The maximum absolute atomic E-state index is 5.86. The summed E-state index contributed by atoms with van der Waals surface area (Å²) in [6.45, 7) is 0. The normalized spacial score (nSPS) is 33.9. The first kappa shape index (κ1) is 13.8. The highest BCUT2D eigenvalue weighted by atomic mass is 15.3. The number of rotatable bonds is 5. The highest BCUT2D eigenvalue weighted by Crippen LogP contribution is 2.57. The number of aromatic nitrogens is 2. The fourth-order valence-electron chi connectivity index (χ4n) is 5.03. The van der Waals surface area contributed by atoms with Crippen molar-refractivity contribution in [1.82, 2.24) is 15.2 Å². The van der Waals surface area contributed by atoms with Crippen molar-refractivity contribution >= 4 is 0 Å². The quantitative estimate of drug-likeness (QED) is 0.647. The van der Waals surface area contributed by atoms with Crippen molar-refractivity contribution in [1.29, 1.82) is 0 Å². The summed E-state index contributed by atoms with van der Waals surface area (Å²) in [5.41, 5.74) is 4.31. The van der Waals surface area contributed by atoms with Crippen LogP contribution in [0.2, 0.25) is 0 Å². The zero-order chi connectivity index (χ0) is 14.2. The molecule has 0 saturated heterocycles. The summed E-state index contributed by atoms with van der Waals surface area (Å²) in [7, 11) is 0. The minimum Gasteiger partial charge on any atom is -0.271 e. The summed E-state index contributed by atoms with van der Waals surface area (Å²) in [6, 6.07) is 3.27. The molecule has 4 heteroatoms. The van der Waals surface area contributed by atoms with Crippen molar-refractivity contribution in [2.75, 3.05) is 0 Å². The third kappa shape index (κ3) is 2.64. The van der Waals surface area contributed by atoms with Crippen molar-refractivity contribution < 1.29 is 0 Å². The molecule has 3 atom stereocenters. The molecule has 21 heavy (non-hydrogen) atoms. The van der Waals surface area contributed by atoms with E-state index in [-0.39, 0.29) is 0 Å². The Morgan fingerprint density at radius 3 is 2.48 bits per heavy atom. The zero-order valence-corrected chi connectivity index (χ0v) is 12.9. The zero-order valence-electron chi connectivity index (χ0n) is 12.9. The maximum Gasteiger partial charge on any atom is 0.0640 e. The molecule has 1 heterocycles. The minimum absolute atomic E-state index is 0.421. The third-order valence-electron chi connectivity index (χ3n) is 6.19. The van der Waals surface area contributed by atoms with E-state index in [0.29, 0.717) is 12.1 Å². The molecule has 3 saturated carbocycles. The van der Waals surface area contributed by atoms with E-state index >= 15 is 0 Å². The van der Waals surface area contributed by atoms with E-state index in [1.165, 1.54) is 57.1 Å². The first-order valence-electron chi connectivity index (χ1n) is 8.87. The first-order valence-corrected chi connectivity index (χ1v) is 8.87. The van der Waals surface area contributed by atoms with Gasteiger partial charge in [-0.05, 0) is 49.5 Å². The van der Waals surface area contributed by atoms with Gasteiger partial charge in [-0.3, -0.25) is 16.0 Å². The van der Waals surface area contributed by atoms with Crippen LogP contribution < -0.4 is 11.3 Å². The van der Waals surface area contributed by atoms with Gasteiger partial charge in [0.05, 0.1) is 11.7 Å². The summed E-state index contributed by atoms with van der Waals surface area (Å²) in [5, 5.41) is 4.83. The highest BCUT2D eigenvalue weighted by molar-refractivity contribution is 5.10. The summed E-state index contributed by atoms with van der Waals surface area (Å²) >= 11 is 0. The van der Waals surface area contributed by atoms with Gasteiger partial charge in [-0.25, -0.2) is 0 Å². The van der Waals surface area contributed by atoms with Crippen LogP contribution in [0.25, 0.3) is 0 Å². The molecular weight excluding hydrogens is 260 g/mol. The van der Waals surface area contributed by atoms with Gasteiger partial charge in [-0.2, -0.15) is 5.10 Å². The number of hydrogen-bond acceptors (Lipinski definition) is 3. The summed E-state index contributed by atoms with van der Waals surface area (Å²) in [6.07, 6.45) is 14.2. The second-order valence-electron chi connectivity index (χ2n) is 7.39. The topological polar surface area (TPSA) is 55.9 Å². The van der Waals surface area contributed by atoms with E-state index in [1.807, 2.05) is 0 Å². The van der Waals surface area contributed by atoms with Gasteiger partial charge in [0.2, 0.25) is 0 Å². The highest BCUT2D eigenvalue weighted by Gasteiger charge is 2.53. The Labute approximate surface area is 127 Å².